The van der Waals surface area contributed by atoms with Crippen molar-refractivity contribution in [3.05, 3.63) is 48.3 Å². The van der Waals surface area contributed by atoms with Crippen molar-refractivity contribution in [1.82, 2.24) is 15.1 Å². The summed E-state index contributed by atoms with van der Waals surface area (Å²) in [4.78, 5) is 0. The van der Waals surface area contributed by atoms with Crippen LogP contribution >= 0.6 is 0 Å². The van der Waals surface area contributed by atoms with Gasteiger partial charge >= 0.3 is 0 Å². The van der Waals surface area contributed by atoms with Crippen LogP contribution in [-0.2, 0) is 6.54 Å². The van der Waals surface area contributed by atoms with Crippen molar-refractivity contribution in [2.75, 3.05) is 0 Å². The molecular formula is C15H21N3O. The maximum atomic E-state index is 9.49. The first-order valence-corrected chi connectivity index (χ1v) is 6.67. The van der Waals surface area contributed by atoms with Gasteiger partial charge in [0.1, 0.15) is 5.75 Å². The molecule has 4 heteroatoms. The van der Waals surface area contributed by atoms with Crippen LogP contribution in [0.1, 0.15) is 31.9 Å². The summed E-state index contributed by atoms with van der Waals surface area (Å²) in [5, 5.41) is 17.2. The molecule has 0 fully saturated rings. The van der Waals surface area contributed by atoms with E-state index >= 15 is 0 Å². The van der Waals surface area contributed by atoms with Crippen molar-refractivity contribution < 1.29 is 5.11 Å². The monoisotopic (exact) mass is 259 g/mol. The Morgan fingerprint density at radius 2 is 2.16 bits per heavy atom. The number of phenolic OH excluding ortho intramolecular Hbond substituents is 1. The lowest BCUT2D eigenvalue weighted by Gasteiger charge is -2.20. The Morgan fingerprint density at radius 3 is 2.84 bits per heavy atom. The molecule has 1 aromatic carbocycles. The zero-order chi connectivity index (χ0) is 13.7. The highest BCUT2D eigenvalue weighted by molar-refractivity contribution is 5.29. The van der Waals surface area contributed by atoms with Crippen molar-refractivity contribution in [3.63, 3.8) is 0 Å². The zero-order valence-electron chi connectivity index (χ0n) is 11.5. The van der Waals surface area contributed by atoms with Gasteiger partial charge in [-0.05, 0) is 44.0 Å². The van der Waals surface area contributed by atoms with E-state index in [0.29, 0.717) is 11.8 Å². The quantitative estimate of drug-likeness (QED) is 0.838. The number of aryl methyl sites for hydroxylation is 1. The minimum absolute atomic E-state index is 0.222. The van der Waals surface area contributed by atoms with Gasteiger partial charge in [-0.3, -0.25) is 4.68 Å². The second-order valence-corrected chi connectivity index (χ2v) is 4.94. The lowest BCUT2D eigenvalue weighted by Crippen LogP contribution is -2.30. The first-order chi connectivity index (χ1) is 9.15. The van der Waals surface area contributed by atoms with E-state index in [1.807, 2.05) is 29.1 Å². The molecule has 0 aliphatic rings. The largest absolute Gasteiger partial charge is 0.508 e. The average molecular weight is 259 g/mol. The Labute approximate surface area is 114 Å². The number of aromatic hydroxyl groups is 1. The molecule has 4 nitrogen and oxygen atoms in total. The van der Waals surface area contributed by atoms with Gasteiger partial charge in [-0.1, -0.05) is 12.1 Å². The van der Waals surface area contributed by atoms with Crippen LogP contribution in [0.5, 0.6) is 5.75 Å². The summed E-state index contributed by atoms with van der Waals surface area (Å²) in [6.07, 6.45) is 4.80. The Kier molecular flexibility index (Phi) is 4.58. The van der Waals surface area contributed by atoms with Gasteiger partial charge in [0.25, 0.3) is 0 Å². The number of hydrogen-bond donors (Lipinski definition) is 2. The lowest BCUT2D eigenvalue weighted by molar-refractivity contribution is 0.419. The number of hydrogen-bond acceptors (Lipinski definition) is 3. The smallest absolute Gasteiger partial charge is 0.115 e. The molecule has 0 bridgehead atoms. The predicted octanol–water partition coefficient (Wildman–Crippen LogP) is 2.72. The second-order valence-electron chi connectivity index (χ2n) is 4.94. The summed E-state index contributed by atoms with van der Waals surface area (Å²) in [7, 11) is 0. The highest BCUT2D eigenvalue weighted by atomic mass is 16.3. The first-order valence-electron chi connectivity index (χ1n) is 6.67. The number of phenols is 1. The zero-order valence-corrected chi connectivity index (χ0v) is 11.5. The average Bonchev–Trinajstić information content (AvgIpc) is 2.89. The SMILES string of the molecule is C[C@H](CCn1cccn1)N[C@H](C)c1cccc(O)c1. The Balaban J connectivity index is 1.83. The summed E-state index contributed by atoms with van der Waals surface area (Å²) < 4.78 is 1.94. The molecule has 1 heterocycles. The number of benzene rings is 1. The van der Waals surface area contributed by atoms with Gasteiger partial charge < -0.3 is 10.4 Å². The molecule has 2 atom stereocenters. The lowest BCUT2D eigenvalue weighted by atomic mass is 10.1. The van der Waals surface area contributed by atoms with Gasteiger partial charge in [0, 0.05) is 31.0 Å². The normalized spacial score (nSPS) is 14.2. The van der Waals surface area contributed by atoms with E-state index < -0.39 is 0 Å². The van der Waals surface area contributed by atoms with Gasteiger partial charge in [0.2, 0.25) is 0 Å². The van der Waals surface area contributed by atoms with Crippen LogP contribution < -0.4 is 5.32 Å². The molecule has 2 aromatic rings. The topological polar surface area (TPSA) is 50.1 Å². The Morgan fingerprint density at radius 1 is 1.32 bits per heavy atom. The van der Waals surface area contributed by atoms with E-state index in [0.717, 1.165) is 18.5 Å². The van der Waals surface area contributed by atoms with E-state index in [4.69, 9.17) is 0 Å². The van der Waals surface area contributed by atoms with Gasteiger partial charge in [0.05, 0.1) is 0 Å². The van der Waals surface area contributed by atoms with Crippen molar-refractivity contribution in [1.29, 1.82) is 0 Å². The van der Waals surface area contributed by atoms with Gasteiger partial charge in [-0.15, -0.1) is 0 Å². The number of nitrogens with zero attached hydrogens (tertiary/aromatic N) is 2. The summed E-state index contributed by atoms with van der Waals surface area (Å²) >= 11 is 0. The van der Waals surface area contributed by atoms with Crippen molar-refractivity contribution in [3.8, 4) is 5.75 Å². The van der Waals surface area contributed by atoms with Crippen molar-refractivity contribution in [2.24, 2.45) is 0 Å². The fraction of sp³-hybridized carbons (Fsp3) is 0.400. The van der Waals surface area contributed by atoms with Crippen LogP contribution in [0, 0.1) is 0 Å². The highest BCUT2D eigenvalue weighted by Gasteiger charge is 2.10. The molecule has 102 valence electrons. The summed E-state index contributed by atoms with van der Waals surface area (Å²) in [6.45, 7) is 5.19. The second kappa shape index (κ2) is 6.38. The molecule has 0 amide bonds. The van der Waals surface area contributed by atoms with Gasteiger partial charge in [-0.25, -0.2) is 0 Å². The van der Waals surface area contributed by atoms with Crippen molar-refractivity contribution in [2.45, 2.75) is 38.9 Å². The molecule has 2 N–H and O–H groups in total. The summed E-state index contributed by atoms with van der Waals surface area (Å²) in [5.41, 5.74) is 1.10. The Hall–Kier alpha value is -1.81. The molecule has 0 aliphatic heterocycles. The summed E-state index contributed by atoms with van der Waals surface area (Å²) in [5.74, 6) is 0.315. The third-order valence-corrected chi connectivity index (χ3v) is 3.26. The van der Waals surface area contributed by atoms with Crippen LogP contribution in [0.25, 0.3) is 0 Å². The molecule has 0 saturated carbocycles. The van der Waals surface area contributed by atoms with E-state index in [-0.39, 0.29) is 6.04 Å². The van der Waals surface area contributed by atoms with Crippen LogP contribution in [0.15, 0.2) is 42.7 Å². The first kappa shape index (κ1) is 13.6. The minimum atomic E-state index is 0.222. The van der Waals surface area contributed by atoms with Crippen LogP contribution in [-0.4, -0.2) is 20.9 Å². The number of nitrogens with one attached hydrogen (secondary N) is 1. The van der Waals surface area contributed by atoms with Gasteiger partial charge in [0.15, 0.2) is 0 Å². The van der Waals surface area contributed by atoms with E-state index in [1.165, 1.54) is 0 Å². The molecule has 19 heavy (non-hydrogen) atoms. The Bertz CT molecular complexity index is 496. The molecule has 0 aliphatic carbocycles. The predicted molar refractivity (Wildman–Crippen MR) is 76.0 cm³/mol. The molecule has 0 spiro atoms. The standard InChI is InChI=1S/C15H21N3O/c1-12(7-10-18-9-4-8-16-18)17-13(2)14-5-3-6-15(19)11-14/h3-6,8-9,11-13,17,19H,7,10H2,1-2H3/t12-,13-/m1/s1. The third-order valence-electron chi connectivity index (χ3n) is 3.26. The van der Waals surface area contributed by atoms with Gasteiger partial charge in [-0.2, -0.15) is 5.10 Å². The minimum Gasteiger partial charge on any atom is -0.508 e. The fourth-order valence-electron chi connectivity index (χ4n) is 2.16. The van der Waals surface area contributed by atoms with Crippen LogP contribution in [0.3, 0.4) is 0 Å². The van der Waals surface area contributed by atoms with Crippen LogP contribution in [0.2, 0.25) is 0 Å². The molecule has 0 unspecified atom stereocenters. The maximum absolute atomic E-state index is 9.49. The fourth-order valence-corrected chi connectivity index (χ4v) is 2.16. The van der Waals surface area contributed by atoms with Crippen LogP contribution in [0.4, 0.5) is 0 Å². The van der Waals surface area contributed by atoms with E-state index in [1.54, 1.807) is 18.3 Å². The molecule has 0 radical (unpaired) electrons. The highest BCUT2D eigenvalue weighted by Crippen LogP contribution is 2.18. The number of aromatic nitrogens is 2. The van der Waals surface area contributed by atoms with Crippen molar-refractivity contribution >= 4 is 0 Å². The maximum Gasteiger partial charge on any atom is 0.115 e. The summed E-state index contributed by atoms with van der Waals surface area (Å²) in [6, 6.07) is 9.94. The van der Waals surface area contributed by atoms with E-state index in [9.17, 15) is 5.11 Å². The number of rotatable bonds is 6. The molecule has 1 aromatic heterocycles. The van der Waals surface area contributed by atoms with E-state index in [2.05, 4.69) is 24.3 Å². The molecule has 0 saturated heterocycles. The molecular weight excluding hydrogens is 238 g/mol. The molecule has 2 rings (SSSR count). The third kappa shape index (κ3) is 4.10.